The van der Waals surface area contributed by atoms with Gasteiger partial charge in [0, 0.05) is 17.1 Å². The molecule has 38 heavy (non-hydrogen) atoms. The molecule has 2 atom stereocenters. The Kier molecular flexibility index (Phi) is 8.76. The Morgan fingerprint density at radius 2 is 1.71 bits per heavy atom. The number of nitrogens with one attached hydrogen (secondary N) is 2. The number of para-hydroxylation sites is 1. The summed E-state index contributed by atoms with van der Waals surface area (Å²) < 4.78 is 22.2. The zero-order valence-electron chi connectivity index (χ0n) is 22.1. The second kappa shape index (κ2) is 12.4. The lowest BCUT2D eigenvalue weighted by atomic mass is 9.99. The van der Waals surface area contributed by atoms with Gasteiger partial charge in [-0.1, -0.05) is 30.3 Å². The number of carbonyl (C=O) groups is 1. The summed E-state index contributed by atoms with van der Waals surface area (Å²) in [6.45, 7) is 1.96. The number of rotatable bonds is 12. The van der Waals surface area contributed by atoms with E-state index < -0.39 is 12.0 Å². The van der Waals surface area contributed by atoms with Crippen molar-refractivity contribution in [3.05, 3.63) is 83.6 Å². The Balaban J connectivity index is 1.41. The molecule has 3 aromatic carbocycles. The number of amides is 1. The van der Waals surface area contributed by atoms with Gasteiger partial charge in [-0.15, -0.1) is 0 Å². The number of benzene rings is 3. The third-order valence-electron chi connectivity index (χ3n) is 6.59. The molecule has 1 heterocycles. The van der Waals surface area contributed by atoms with Crippen molar-refractivity contribution < 1.29 is 28.8 Å². The number of aliphatic hydroxyl groups is 1. The molecule has 0 saturated heterocycles. The fourth-order valence-electron chi connectivity index (χ4n) is 4.46. The topological polar surface area (TPSA) is 102 Å². The lowest BCUT2D eigenvalue weighted by molar-refractivity contribution is -0.123. The molecule has 0 radical (unpaired) electrons. The Hall–Kier alpha value is -4.17. The van der Waals surface area contributed by atoms with Gasteiger partial charge in [0.25, 0.3) is 0 Å². The van der Waals surface area contributed by atoms with E-state index in [9.17, 15) is 9.90 Å². The van der Waals surface area contributed by atoms with Crippen LogP contribution >= 0.6 is 0 Å². The van der Waals surface area contributed by atoms with Gasteiger partial charge in [0.2, 0.25) is 11.7 Å². The average Bonchev–Trinajstić information content (AvgIpc) is 3.37. The SMILES string of the molecule is COc1cc(COc2cccc(C(C)C(=O)N[C@@H](CO)Cc3c[nH]c4ccccc34)c2)cc(OC)c1OC. The lowest BCUT2D eigenvalue weighted by Crippen LogP contribution is -2.41. The first kappa shape index (κ1) is 26.9. The molecule has 3 N–H and O–H groups in total. The van der Waals surface area contributed by atoms with Gasteiger partial charge >= 0.3 is 0 Å². The van der Waals surface area contributed by atoms with E-state index in [0.29, 0.717) is 29.4 Å². The van der Waals surface area contributed by atoms with Crippen LogP contribution in [0.25, 0.3) is 10.9 Å². The number of carbonyl (C=O) groups excluding carboxylic acids is 1. The van der Waals surface area contributed by atoms with Crippen LogP contribution in [0.1, 0.15) is 29.5 Å². The van der Waals surface area contributed by atoms with E-state index in [1.165, 1.54) is 0 Å². The number of hydrogen-bond acceptors (Lipinski definition) is 6. The molecule has 4 rings (SSSR count). The smallest absolute Gasteiger partial charge is 0.227 e. The molecule has 0 spiro atoms. The highest BCUT2D eigenvalue weighted by molar-refractivity contribution is 5.85. The quantitative estimate of drug-likeness (QED) is 0.253. The Bertz CT molecular complexity index is 1360. The number of hydrogen-bond donors (Lipinski definition) is 3. The number of H-pyrrole nitrogens is 1. The maximum atomic E-state index is 13.1. The van der Waals surface area contributed by atoms with Crippen molar-refractivity contribution in [2.24, 2.45) is 0 Å². The van der Waals surface area contributed by atoms with Crippen LogP contribution in [0.3, 0.4) is 0 Å². The van der Waals surface area contributed by atoms with Crippen LogP contribution in [0, 0.1) is 0 Å². The summed E-state index contributed by atoms with van der Waals surface area (Å²) in [5.74, 6) is 1.66. The number of aromatic nitrogens is 1. The molecule has 200 valence electrons. The highest BCUT2D eigenvalue weighted by Gasteiger charge is 2.21. The minimum absolute atomic E-state index is 0.157. The van der Waals surface area contributed by atoms with Crippen LogP contribution in [0.5, 0.6) is 23.0 Å². The number of fused-ring (bicyclic) bond motifs is 1. The molecule has 0 aliphatic carbocycles. The molecule has 0 aliphatic heterocycles. The van der Waals surface area contributed by atoms with Gasteiger partial charge in [0.15, 0.2) is 11.5 Å². The van der Waals surface area contributed by atoms with Gasteiger partial charge in [-0.25, -0.2) is 0 Å². The minimum atomic E-state index is -0.434. The van der Waals surface area contributed by atoms with Crippen LogP contribution in [0.15, 0.2) is 66.9 Å². The highest BCUT2D eigenvalue weighted by atomic mass is 16.5. The van der Waals surface area contributed by atoms with Crippen molar-refractivity contribution >= 4 is 16.8 Å². The second-order valence-corrected chi connectivity index (χ2v) is 9.07. The summed E-state index contributed by atoms with van der Waals surface area (Å²) >= 11 is 0. The lowest BCUT2D eigenvalue weighted by Gasteiger charge is -2.20. The van der Waals surface area contributed by atoms with Crippen LogP contribution in [0.2, 0.25) is 0 Å². The van der Waals surface area contributed by atoms with E-state index in [-0.39, 0.29) is 19.1 Å². The molecule has 0 fully saturated rings. The van der Waals surface area contributed by atoms with Crippen LogP contribution < -0.4 is 24.3 Å². The van der Waals surface area contributed by atoms with Gasteiger partial charge in [-0.3, -0.25) is 4.79 Å². The number of ether oxygens (including phenoxy) is 4. The molecule has 4 aromatic rings. The highest BCUT2D eigenvalue weighted by Crippen LogP contribution is 2.38. The predicted octanol–water partition coefficient (Wildman–Crippen LogP) is 4.60. The Labute approximate surface area is 222 Å². The summed E-state index contributed by atoms with van der Waals surface area (Å²) in [5.41, 5.74) is 3.74. The van der Waals surface area contributed by atoms with Crippen molar-refractivity contribution in [1.82, 2.24) is 10.3 Å². The average molecular weight is 519 g/mol. The van der Waals surface area contributed by atoms with Crippen LogP contribution in [-0.4, -0.2) is 50.0 Å². The van der Waals surface area contributed by atoms with E-state index in [0.717, 1.165) is 27.6 Å². The molecular weight excluding hydrogens is 484 g/mol. The van der Waals surface area contributed by atoms with Crippen LogP contribution in [0.4, 0.5) is 0 Å². The summed E-state index contributed by atoms with van der Waals surface area (Å²) in [6.07, 6.45) is 2.45. The monoisotopic (exact) mass is 518 g/mol. The molecule has 0 saturated carbocycles. The third-order valence-corrected chi connectivity index (χ3v) is 6.59. The molecule has 8 heteroatoms. The number of aromatic amines is 1. The summed E-state index contributed by atoms with van der Waals surface area (Å²) in [5, 5.41) is 14.0. The van der Waals surface area contributed by atoms with Gasteiger partial charge in [-0.2, -0.15) is 0 Å². The van der Waals surface area contributed by atoms with E-state index >= 15 is 0 Å². The summed E-state index contributed by atoms with van der Waals surface area (Å²) in [7, 11) is 4.70. The molecule has 8 nitrogen and oxygen atoms in total. The number of methoxy groups -OCH3 is 3. The number of aliphatic hydroxyl groups excluding tert-OH is 1. The molecule has 1 unspecified atom stereocenters. The van der Waals surface area contributed by atoms with E-state index in [1.54, 1.807) is 21.3 Å². The van der Waals surface area contributed by atoms with Gasteiger partial charge in [0.05, 0.1) is 39.9 Å². The van der Waals surface area contributed by atoms with Crippen molar-refractivity contribution in [1.29, 1.82) is 0 Å². The predicted molar refractivity (Wildman–Crippen MR) is 146 cm³/mol. The Morgan fingerprint density at radius 3 is 2.39 bits per heavy atom. The molecule has 0 aliphatic rings. The fraction of sp³-hybridized carbons (Fsp3) is 0.300. The first-order chi connectivity index (χ1) is 18.5. The zero-order valence-corrected chi connectivity index (χ0v) is 22.1. The van der Waals surface area contributed by atoms with Gasteiger partial charge in [0.1, 0.15) is 12.4 Å². The Morgan fingerprint density at radius 1 is 0.974 bits per heavy atom. The van der Waals surface area contributed by atoms with Crippen molar-refractivity contribution in [2.75, 3.05) is 27.9 Å². The maximum absolute atomic E-state index is 13.1. The van der Waals surface area contributed by atoms with Crippen LogP contribution in [-0.2, 0) is 17.8 Å². The van der Waals surface area contributed by atoms with Gasteiger partial charge in [-0.05, 0) is 60.4 Å². The first-order valence-corrected chi connectivity index (χ1v) is 12.4. The normalized spacial score (nSPS) is 12.6. The second-order valence-electron chi connectivity index (χ2n) is 9.07. The fourth-order valence-corrected chi connectivity index (χ4v) is 4.46. The third kappa shape index (κ3) is 6.03. The maximum Gasteiger partial charge on any atom is 0.227 e. The van der Waals surface area contributed by atoms with Crippen molar-refractivity contribution in [2.45, 2.75) is 31.9 Å². The van der Waals surface area contributed by atoms with Crippen molar-refractivity contribution in [3.63, 3.8) is 0 Å². The summed E-state index contributed by atoms with van der Waals surface area (Å²) in [6, 6.07) is 18.7. The van der Waals surface area contributed by atoms with Crippen molar-refractivity contribution in [3.8, 4) is 23.0 Å². The standard InChI is InChI=1S/C30H34N2O6/c1-19(30(34)32-23(17-33)14-22-16-31-26-11-6-5-10-25(22)26)21-8-7-9-24(15-21)38-18-20-12-27(35-2)29(37-4)28(13-20)36-3/h5-13,15-16,19,23,31,33H,14,17-18H2,1-4H3,(H,32,34)/t19?,23-/m1/s1. The molecule has 0 bridgehead atoms. The van der Waals surface area contributed by atoms with E-state index in [1.807, 2.05) is 73.8 Å². The molecule has 1 aromatic heterocycles. The van der Waals surface area contributed by atoms with Gasteiger partial charge < -0.3 is 34.4 Å². The summed E-state index contributed by atoms with van der Waals surface area (Å²) in [4.78, 5) is 16.3. The first-order valence-electron chi connectivity index (χ1n) is 12.4. The molecular formula is C30H34N2O6. The minimum Gasteiger partial charge on any atom is -0.493 e. The van der Waals surface area contributed by atoms with E-state index in [4.69, 9.17) is 18.9 Å². The molecule has 1 amide bonds. The van der Waals surface area contributed by atoms with E-state index in [2.05, 4.69) is 10.3 Å². The largest absolute Gasteiger partial charge is 0.493 e. The zero-order chi connectivity index (χ0) is 27.1.